The SMILES string of the molecule is CCCC(=O)C(CC)OC(=O)c1ccccc1. The number of rotatable bonds is 6. The maximum absolute atomic E-state index is 11.7. The molecule has 1 aromatic rings. The average molecular weight is 234 g/mol. The van der Waals surface area contributed by atoms with Gasteiger partial charge in [0.15, 0.2) is 11.9 Å². The molecule has 1 aromatic carbocycles. The molecule has 0 aromatic heterocycles. The van der Waals surface area contributed by atoms with Crippen molar-refractivity contribution in [2.45, 2.75) is 39.2 Å². The van der Waals surface area contributed by atoms with Crippen LogP contribution < -0.4 is 0 Å². The molecule has 0 amide bonds. The average Bonchev–Trinajstić information content (AvgIpc) is 2.37. The van der Waals surface area contributed by atoms with Gasteiger partial charge in [0.05, 0.1) is 5.56 Å². The number of hydrogen-bond acceptors (Lipinski definition) is 3. The van der Waals surface area contributed by atoms with Crippen LogP contribution in [0.5, 0.6) is 0 Å². The monoisotopic (exact) mass is 234 g/mol. The van der Waals surface area contributed by atoms with E-state index < -0.39 is 12.1 Å². The van der Waals surface area contributed by atoms with Crippen molar-refractivity contribution in [1.29, 1.82) is 0 Å². The van der Waals surface area contributed by atoms with E-state index in [9.17, 15) is 9.59 Å². The Labute approximate surface area is 102 Å². The summed E-state index contributed by atoms with van der Waals surface area (Å²) < 4.78 is 5.21. The van der Waals surface area contributed by atoms with Gasteiger partial charge < -0.3 is 4.74 Å². The van der Waals surface area contributed by atoms with E-state index in [4.69, 9.17) is 4.74 Å². The Balaban J connectivity index is 2.63. The zero-order valence-corrected chi connectivity index (χ0v) is 10.3. The van der Waals surface area contributed by atoms with Gasteiger partial charge >= 0.3 is 5.97 Å². The van der Waals surface area contributed by atoms with Crippen molar-refractivity contribution in [3.63, 3.8) is 0 Å². The first-order chi connectivity index (χ1) is 8.19. The summed E-state index contributed by atoms with van der Waals surface area (Å²) in [5, 5.41) is 0. The lowest BCUT2D eigenvalue weighted by atomic mass is 10.1. The second-order valence-electron chi connectivity index (χ2n) is 3.88. The van der Waals surface area contributed by atoms with Gasteiger partial charge in [-0.3, -0.25) is 4.79 Å². The molecule has 0 N–H and O–H groups in total. The van der Waals surface area contributed by atoms with Gasteiger partial charge in [-0.2, -0.15) is 0 Å². The summed E-state index contributed by atoms with van der Waals surface area (Å²) in [6, 6.07) is 8.73. The minimum Gasteiger partial charge on any atom is -0.451 e. The summed E-state index contributed by atoms with van der Waals surface area (Å²) in [4.78, 5) is 23.4. The molecule has 0 radical (unpaired) electrons. The summed E-state index contributed by atoms with van der Waals surface area (Å²) in [6.45, 7) is 3.78. The minimum absolute atomic E-state index is 0.000666. The zero-order chi connectivity index (χ0) is 12.7. The van der Waals surface area contributed by atoms with E-state index in [1.165, 1.54) is 0 Å². The molecule has 0 bridgehead atoms. The molecule has 3 nitrogen and oxygen atoms in total. The smallest absolute Gasteiger partial charge is 0.338 e. The number of ketones is 1. The molecule has 0 heterocycles. The normalized spacial score (nSPS) is 11.9. The number of benzene rings is 1. The van der Waals surface area contributed by atoms with E-state index in [1.54, 1.807) is 24.3 Å². The van der Waals surface area contributed by atoms with Crippen LogP contribution in [0.3, 0.4) is 0 Å². The lowest BCUT2D eigenvalue weighted by Crippen LogP contribution is -2.26. The Bertz CT molecular complexity index is 370. The van der Waals surface area contributed by atoms with E-state index in [-0.39, 0.29) is 5.78 Å². The summed E-state index contributed by atoms with van der Waals surface area (Å²) in [6.07, 6.45) is 1.15. The van der Waals surface area contributed by atoms with Crippen LogP contribution in [0.4, 0.5) is 0 Å². The third-order valence-electron chi connectivity index (χ3n) is 2.49. The predicted molar refractivity (Wildman–Crippen MR) is 65.9 cm³/mol. The maximum Gasteiger partial charge on any atom is 0.338 e. The fourth-order valence-corrected chi connectivity index (χ4v) is 1.56. The molecular weight excluding hydrogens is 216 g/mol. The van der Waals surface area contributed by atoms with Crippen molar-refractivity contribution in [2.24, 2.45) is 0 Å². The van der Waals surface area contributed by atoms with Crippen LogP contribution in [0.25, 0.3) is 0 Å². The summed E-state index contributed by atoms with van der Waals surface area (Å²) in [5.74, 6) is -0.429. The molecule has 17 heavy (non-hydrogen) atoms. The minimum atomic E-state index is -0.609. The highest BCUT2D eigenvalue weighted by atomic mass is 16.5. The third kappa shape index (κ3) is 4.02. The maximum atomic E-state index is 11.7. The van der Waals surface area contributed by atoms with E-state index in [1.807, 2.05) is 19.9 Å². The van der Waals surface area contributed by atoms with Crippen LogP contribution in [-0.2, 0) is 9.53 Å². The molecule has 1 rings (SSSR count). The second-order valence-corrected chi connectivity index (χ2v) is 3.88. The topological polar surface area (TPSA) is 43.4 Å². The first kappa shape index (κ1) is 13.4. The molecule has 0 saturated carbocycles. The predicted octanol–water partition coefficient (Wildman–Crippen LogP) is 2.99. The molecular formula is C14H18O3. The van der Waals surface area contributed by atoms with Crippen molar-refractivity contribution >= 4 is 11.8 Å². The number of carbonyl (C=O) groups is 2. The Morgan fingerprint density at radius 1 is 1.18 bits per heavy atom. The lowest BCUT2D eigenvalue weighted by molar-refractivity contribution is -0.127. The summed E-state index contributed by atoms with van der Waals surface area (Å²) in [5.41, 5.74) is 0.482. The van der Waals surface area contributed by atoms with Crippen molar-refractivity contribution in [3.05, 3.63) is 35.9 Å². The first-order valence-electron chi connectivity index (χ1n) is 5.97. The highest BCUT2D eigenvalue weighted by molar-refractivity contribution is 5.92. The van der Waals surface area contributed by atoms with Gasteiger partial charge in [-0.15, -0.1) is 0 Å². The number of hydrogen-bond donors (Lipinski definition) is 0. The Hall–Kier alpha value is -1.64. The van der Waals surface area contributed by atoms with Gasteiger partial charge in [-0.25, -0.2) is 4.79 Å². The molecule has 0 saturated heterocycles. The highest BCUT2D eigenvalue weighted by Gasteiger charge is 2.20. The fourth-order valence-electron chi connectivity index (χ4n) is 1.56. The molecule has 0 aliphatic heterocycles. The second kappa shape index (κ2) is 6.84. The van der Waals surface area contributed by atoms with Gasteiger partial charge in [-0.1, -0.05) is 32.0 Å². The molecule has 1 unspecified atom stereocenters. The zero-order valence-electron chi connectivity index (χ0n) is 10.3. The van der Waals surface area contributed by atoms with Crippen LogP contribution in [0.2, 0.25) is 0 Å². The van der Waals surface area contributed by atoms with E-state index in [0.717, 1.165) is 6.42 Å². The van der Waals surface area contributed by atoms with Crippen LogP contribution in [-0.4, -0.2) is 17.9 Å². The van der Waals surface area contributed by atoms with Crippen molar-refractivity contribution in [1.82, 2.24) is 0 Å². The first-order valence-corrected chi connectivity index (χ1v) is 5.97. The summed E-state index contributed by atoms with van der Waals surface area (Å²) in [7, 11) is 0. The van der Waals surface area contributed by atoms with Crippen molar-refractivity contribution < 1.29 is 14.3 Å². The van der Waals surface area contributed by atoms with Crippen molar-refractivity contribution in [3.8, 4) is 0 Å². The number of Topliss-reactive ketones (excluding diaryl/α,β-unsaturated/α-hetero) is 1. The number of carbonyl (C=O) groups excluding carboxylic acids is 2. The van der Waals surface area contributed by atoms with Crippen LogP contribution in [0.15, 0.2) is 30.3 Å². The fraction of sp³-hybridized carbons (Fsp3) is 0.429. The highest BCUT2D eigenvalue weighted by Crippen LogP contribution is 2.09. The van der Waals surface area contributed by atoms with Crippen LogP contribution >= 0.6 is 0 Å². The van der Waals surface area contributed by atoms with E-state index in [0.29, 0.717) is 18.4 Å². The largest absolute Gasteiger partial charge is 0.451 e. The molecule has 0 aliphatic carbocycles. The molecule has 0 fully saturated rings. The lowest BCUT2D eigenvalue weighted by Gasteiger charge is -2.14. The molecule has 1 atom stereocenters. The van der Waals surface area contributed by atoms with Gasteiger partial charge in [0, 0.05) is 6.42 Å². The Morgan fingerprint density at radius 2 is 1.82 bits per heavy atom. The quantitative estimate of drug-likeness (QED) is 0.711. The Kier molecular flexibility index (Phi) is 5.40. The third-order valence-corrected chi connectivity index (χ3v) is 2.49. The number of ether oxygens (including phenoxy) is 1. The van der Waals surface area contributed by atoms with E-state index in [2.05, 4.69) is 0 Å². The van der Waals surface area contributed by atoms with Crippen molar-refractivity contribution in [2.75, 3.05) is 0 Å². The molecule has 3 heteroatoms. The number of esters is 1. The van der Waals surface area contributed by atoms with Crippen LogP contribution in [0, 0.1) is 0 Å². The van der Waals surface area contributed by atoms with Gasteiger partial charge in [0.25, 0.3) is 0 Å². The van der Waals surface area contributed by atoms with E-state index >= 15 is 0 Å². The van der Waals surface area contributed by atoms with Crippen LogP contribution in [0.1, 0.15) is 43.5 Å². The van der Waals surface area contributed by atoms with Gasteiger partial charge in [-0.05, 0) is 25.0 Å². The standard InChI is InChI=1S/C14H18O3/c1-3-8-12(15)13(4-2)17-14(16)11-9-6-5-7-10-11/h5-7,9-10,13H,3-4,8H2,1-2H3. The molecule has 0 spiro atoms. The van der Waals surface area contributed by atoms with Gasteiger partial charge in [0.1, 0.15) is 0 Å². The Morgan fingerprint density at radius 3 is 2.35 bits per heavy atom. The molecule has 0 aliphatic rings. The van der Waals surface area contributed by atoms with Gasteiger partial charge in [0.2, 0.25) is 0 Å². The summed E-state index contributed by atoms with van der Waals surface area (Å²) >= 11 is 0. The molecule has 92 valence electrons.